The maximum absolute atomic E-state index is 13.9. The van der Waals surface area contributed by atoms with Crippen LogP contribution in [0, 0.1) is 0 Å². The maximum Gasteiger partial charge on any atom is 0.416 e. The number of carbonyl (C=O) groups excluding carboxylic acids is 3. The average Bonchev–Trinajstić information content (AvgIpc) is 4.06. The molecular weight excluding hydrogens is 1050 g/mol. The van der Waals surface area contributed by atoms with Gasteiger partial charge in [0.15, 0.2) is 18.1 Å². The number of unbranched alkanes of at least 4 members (excludes halogenated alkanes) is 2. The van der Waals surface area contributed by atoms with E-state index in [1.165, 1.54) is 17.8 Å². The Balaban J connectivity index is 0.607. The molecule has 1 fully saturated rings. The molecule has 1 saturated heterocycles. The number of urea groups is 1. The monoisotopic (exact) mass is 1110 g/mol. The first-order chi connectivity index (χ1) is 38.1. The van der Waals surface area contributed by atoms with Gasteiger partial charge in [0.1, 0.15) is 0 Å². The first-order valence-electron chi connectivity index (χ1n) is 27.6. The van der Waals surface area contributed by atoms with Crippen LogP contribution in [-0.2, 0) is 54.4 Å². The number of allylic oxidation sites excluding steroid dienone is 1. The zero-order chi connectivity index (χ0) is 56.0. The summed E-state index contributed by atoms with van der Waals surface area (Å²) in [4.78, 5) is 50.8. The Morgan fingerprint density at radius 2 is 1.60 bits per heavy atom. The van der Waals surface area contributed by atoms with Crippen molar-refractivity contribution in [1.82, 2.24) is 15.6 Å². The Morgan fingerprint density at radius 1 is 0.812 bits per heavy atom. The van der Waals surface area contributed by atoms with E-state index in [9.17, 15) is 40.5 Å². The topological polar surface area (TPSA) is 177 Å². The third kappa shape index (κ3) is 9.63. The van der Waals surface area contributed by atoms with Crippen LogP contribution in [-0.4, -0.2) is 97.1 Å². The lowest BCUT2D eigenvalue weighted by molar-refractivity contribution is -0.445. The van der Waals surface area contributed by atoms with E-state index in [2.05, 4.69) is 76.2 Å². The summed E-state index contributed by atoms with van der Waals surface area (Å²) in [5.41, 5.74) is 10.7. The number of nitrogens with zero attached hydrogens (tertiary/aromatic N) is 5. The highest BCUT2D eigenvalue weighted by Crippen LogP contribution is 2.54. The van der Waals surface area contributed by atoms with Crippen molar-refractivity contribution >= 4 is 62.2 Å². The van der Waals surface area contributed by atoms with Gasteiger partial charge in [0, 0.05) is 96.4 Å². The second-order valence-electron chi connectivity index (χ2n) is 23.1. The minimum absolute atomic E-state index is 0.0616. The van der Waals surface area contributed by atoms with E-state index in [4.69, 9.17) is 9.72 Å². The zero-order valence-electron chi connectivity index (χ0n) is 45.1. The number of benzene rings is 4. The lowest BCUT2D eigenvalue weighted by Crippen LogP contribution is -2.48. The van der Waals surface area contributed by atoms with Gasteiger partial charge in [-0.05, 0) is 117 Å². The molecule has 80 heavy (non-hydrogen) atoms. The minimum Gasteiger partial charge on any atom is -0.366 e. The highest BCUT2D eigenvalue weighted by molar-refractivity contribution is 7.85. The average molecular weight is 1110 g/mol. The highest BCUT2D eigenvalue weighted by Gasteiger charge is 2.55. The number of rotatable bonds is 13. The van der Waals surface area contributed by atoms with Gasteiger partial charge >= 0.3 is 12.2 Å². The predicted molar refractivity (Wildman–Crippen MR) is 299 cm³/mol. The molecule has 4 aromatic carbocycles. The van der Waals surface area contributed by atoms with Crippen molar-refractivity contribution in [2.75, 3.05) is 52.7 Å². The fraction of sp³-hybridized carbons (Fsp3) is 0.393. The van der Waals surface area contributed by atoms with Crippen LogP contribution < -0.4 is 30.7 Å². The number of alkyl halides is 3. The van der Waals surface area contributed by atoms with E-state index in [0.29, 0.717) is 55.2 Å². The molecule has 4 N–H and O–H groups in total. The van der Waals surface area contributed by atoms with Gasteiger partial charge < -0.3 is 30.5 Å². The molecule has 7 aliphatic heterocycles. The molecule has 0 spiro atoms. The molecule has 12 rings (SSSR count). The molecule has 5 aromatic rings. The van der Waals surface area contributed by atoms with Gasteiger partial charge in [-0.15, -0.1) is 0 Å². The smallest absolute Gasteiger partial charge is 0.366 e. The molecule has 0 saturated carbocycles. The Hall–Kier alpha value is -7.35. The molecule has 19 heteroatoms. The molecule has 416 valence electrons. The maximum atomic E-state index is 13.9. The molecular formula is C61H64F3N8O7S+. The van der Waals surface area contributed by atoms with Gasteiger partial charge in [0.25, 0.3) is 10.1 Å². The van der Waals surface area contributed by atoms with Crippen LogP contribution in [0.25, 0.3) is 11.3 Å². The summed E-state index contributed by atoms with van der Waals surface area (Å²) < 4.78 is 84.0. The molecule has 15 nitrogen and oxygen atoms in total. The number of carbonyl (C=O) groups is 3. The van der Waals surface area contributed by atoms with Crippen molar-refractivity contribution in [1.29, 1.82) is 0 Å². The first kappa shape index (κ1) is 53.3. The lowest BCUT2D eigenvalue weighted by Gasteiger charge is -2.42. The van der Waals surface area contributed by atoms with Crippen molar-refractivity contribution in [3.63, 3.8) is 0 Å². The Morgan fingerprint density at radius 3 is 2.39 bits per heavy atom. The van der Waals surface area contributed by atoms with Gasteiger partial charge in [-0.3, -0.25) is 19.0 Å². The summed E-state index contributed by atoms with van der Waals surface area (Å²) in [6.45, 7) is 12.4. The van der Waals surface area contributed by atoms with E-state index >= 15 is 0 Å². The number of pyridine rings is 1. The van der Waals surface area contributed by atoms with Crippen LogP contribution in [0.3, 0.4) is 0 Å². The van der Waals surface area contributed by atoms with Crippen molar-refractivity contribution in [2.24, 2.45) is 0 Å². The normalized spacial score (nSPS) is 20.9. The number of amides is 4. The van der Waals surface area contributed by atoms with E-state index in [1.807, 2.05) is 24.3 Å². The Labute approximate surface area is 463 Å². The van der Waals surface area contributed by atoms with Crippen LogP contribution in [0.5, 0.6) is 0 Å². The second kappa shape index (κ2) is 20.0. The van der Waals surface area contributed by atoms with E-state index in [-0.39, 0.29) is 52.8 Å². The van der Waals surface area contributed by atoms with E-state index in [0.717, 1.165) is 120 Å². The van der Waals surface area contributed by atoms with Crippen molar-refractivity contribution < 1.29 is 49.8 Å². The number of aromatic nitrogens is 1. The Bertz CT molecular complexity index is 3610. The highest BCUT2D eigenvalue weighted by atomic mass is 32.2. The number of nitrogens with one attached hydrogen (secondary N) is 3. The fourth-order valence-corrected chi connectivity index (χ4v) is 13.8. The number of ether oxygens (including phenoxy) is 1. The number of halogens is 3. The first-order valence-corrected chi connectivity index (χ1v) is 29.0. The molecule has 4 amide bonds. The number of hydrogen-bond acceptors (Lipinski definition) is 9. The fourth-order valence-electron chi connectivity index (χ4n) is 13.3. The summed E-state index contributed by atoms with van der Waals surface area (Å²) in [6, 6.07) is 26.4. The number of anilines is 4. The summed E-state index contributed by atoms with van der Waals surface area (Å²) in [6.07, 6.45) is 2.80. The van der Waals surface area contributed by atoms with E-state index in [1.54, 1.807) is 41.3 Å². The van der Waals surface area contributed by atoms with Crippen molar-refractivity contribution in [3.05, 3.63) is 148 Å². The van der Waals surface area contributed by atoms with Crippen molar-refractivity contribution in [2.45, 2.75) is 126 Å². The lowest BCUT2D eigenvalue weighted by atomic mass is 9.74. The van der Waals surface area contributed by atoms with Gasteiger partial charge in [0.2, 0.25) is 17.5 Å². The van der Waals surface area contributed by atoms with Crippen LogP contribution in [0.4, 0.5) is 46.5 Å². The summed E-state index contributed by atoms with van der Waals surface area (Å²) >= 11 is 0. The molecule has 0 aliphatic carbocycles. The molecule has 7 aliphatic rings. The van der Waals surface area contributed by atoms with Gasteiger partial charge in [-0.2, -0.15) is 26.2 Å². The number of hydrogen-bond donors (Lipinski definition) is 4. The summed E-state index contributed by atoms with van der Waals surface area (Å²) in [5.74, 6) is 0.255. The third-order valence-corrected chi connectivity index (χ3v) is 18.1. The van der Waals surface area contributed by atoms with Crippen LogP contribution in [0.15, 0.2) is 125 Å². The van der Waals surface area contributed by atoms with Crippen LogP contribution in [0.2, 0.25) is 0 Å². The standard InChI is InChI=1S/C61H63F3N8O7S/c1-59(2)45-29-37(14-19-48(45)70-27-23-51-43(55(59)70)33-44-52(79-51)24-28-71-49-20-17-42(80(76,77)78)32-46(49)60(3,4)56(44)71)30-54(74)65-25-7-5-6-11-53(73)66-34-36-12-15-40(16-13-36)67-58(75)72-41-22-26-69(35-41)50-21-18-47(68-57(50)72)38-9-8-10-39(31-38)61(62,63)64/h8-10,12-21,29,31-33,41,51-52H,5-7,11,22-28,30,34-35H2,1-4H3,(H3-,65,66,67,73,74,75,76,77,78)/p+1/t41-,51?,52?/m0/s1. The molecule has 1 aromatic heterocycles. The van der Waals surface area contributed by atoms with Crippen LogP contribution in [0.1, 0.15) is 100 Å². The zero-order valence-corrected chi connectivity index (χ0v) is 45.9. The van der Waals surface area contributed by atoms with Crippen LogP contribution >= 0.6 is 0 Å². The summed E-state index contributed by atoms with van der Waals surface area (Å²) in [7, 11) is -4.37. The van der Waals surface area contributed by atoms with Gasteiger partial charge in [-0.25, -0.2) is 9.78 Å². The van der Waals surface area contributed by atoms with Gasteiger partial charge in [-0.1, -0.05) is 56.7 Å². The quantitative estimate of drug-likeness (QED) is 0.0504. The molecule has 3 atom stereocenters. The Kier molecular flexibility index (Phi) is 13.3. The molecule has 8 heterocycles. The largest absolute Gasteiger partial charge is 0.416 e. The predicted octanol–water partition coefficient (Wildman–Crippen LogP) is 10.1. The van der Waals surface area contributed by atoms with E-state index < -0.39 is 27.3 Å². The second-order valence-corrected chi connectivity index (χ2v) is 24.5. The van der Waals surface area contributed by atoms with Crippen molar-refractivity contribution in [3.8, 4) is 11.3 Å². The third-order valence-electron chi connectivity index (χ3n) is 17.2. The summed E-state index contributed by atoms with van der Waals surface area (Å²) in [5, 5.41) is 9.01. The SMILES string of the molecule is CC1(C)C2=C3C=C4C5=[N+](CCC4OC3CCN2c2ccc(CC(=O)NCCCCCC(=O)NCc3ccc(NC(=O)N4c6nc(-c7cccc(C(F)(F)F)c7)ccc6N6CC[C@H]4C6)cc3)cc21)c1ccc(S(=O)(=O)O)cc1C5(C)C. The molecule has 2 bridgehead atoms. The molecule has 0 radical (unpaired) electrons. The van der Waals surface area contributed by atoms with Gasteiger partial charge in [0.05, 0.1) is 51.9 Å². The minimum atomic E-state index is -4.50. The molecule has 2 unspecified atom stereocenters. The number of fused-ring (bicyclic) bond motifs is 12.